The molecule has 1 N–H and O–H groups in total. The topological polar surface area (TPSA) is 85.3 Å². The molecule has 0 aliphatic carbocycles. The molecule has 0 heterocycles. The van der Waals surface area contributed by atoms with Crippen molar-refractivity contribution in [3.63, 3.8) is 0 Å². The van der Waals surface area contributed by atoms with Crippen LogP contribution >= 0.6 is 0 Å². The van der Waals surface area contributed by atoms with Gasteiger partial charge in [-0.3, -0.25) is 9.59 Å². The van der Waals surface area contributed by atoms with Crippen LogP contribution in [0.5, 0.6) is 11.5 Å². The molecule has 1 atom stereocenters. The smallest absolute Gasteiger partial charge is 0.323 e. The van der Waals surface area contributed by atoms with Gasteiger partial charge in [0.2, 0.25) is 0 Å². The minimum Gasteiger partial charge on any atom is -0.497 e. The van der Waals surface area contributed by atoms with Gasteiger partial charge in [0.05, 0.1) is 14.2 Å². The number of rotatable bonds is 9. The first-order valence-electron chi connectivity index (χ1n) is 7.25. The maximum atomic E-state index is 12.4. The third-order valence-electron chi connectivity index (χ3n) is 3.19. The van der Waals surface area contributed by atoms with Crippen LogP contribution in [-0.4, -0.2) is 55.4 Å². The summed E-state index contributed by atoms with van der Waals surface area (Å²) >= 11 is 0. The van der Waals surface area contributed by atoms with Crippen molar-refractivity contribution in [1.29, 1.82) is 0 Å². The van der Waals surface area contributed by atoms with E-state index in [-0.39, 0.29) is 12.5 Å². The Bertz CT molecular complexity index is 523. The Kier molecular flexibility index (Phi) is 7.34. The molecule has 0 aliphatic heterocycles. The van der Waals surface area contributed by atoms with E-state index in [1.807, 2.05) is 0 Å². The van der Waals surface area contributed by atoms with Gasteiger partial charge < -0.3 is 24.2 Å². The van der Waals surface area contributed by atoms with Gasteiger partial charge in [0.1, 0.15) is 24.1 Å². The standard InChI is InChI=1S/C16H23NO6/c1-5-23-11(2)16(20)17(10-15(18)19)9-12-6-13(21-3)8-14(7-12)22-4/h6-8,11H,5,9-10H2,1-4H3,(H,18,19). The third-order valence-corrected chi connectivity index (χ3v) is 3.19. The van der Waals surface area contributed by atoms with Crippen LogP contribution in [-0.2, 0) is 20.9 Å². The van der Waals surface area contributed by atoms with E-state index in [2.05, 4.69) is 0 Å². The quantitative estimate of drug-likeness (QED) is 0.741. The predicted molar refractivity (Wildman–Crippen MR) is 83.7 cm³/mol. The number of hydrogen-bond acceptors (Lipinski definition) is 5. The van der Waals surface area contributed by atoms with Crippen LogP contribution in [0.15, 0.2) is 18.2 Å². The molecule has 0 aromatic heterocycles. The number of carbonyl (C=O) groups is 2. The molecule has 1 aromatic carbocycles. The molecule has 0 saturated carbocycles. The number of carboxylic acids is 1. The average molecular weight is 325 g/mol. The summed E-state index contributed by atoms with van der Waals surface area (Å²) in [4.78, 5) is 24.6. The van der Waals surface area contributed by atoms with Crippen molar-refractivity contribution in [2.45, 2.75) is 26.5 Å². The molecule has 0 aliphatic rings. The van der Waals surface area contributed by atoms with Crippen molar-refractivity contribution in [3.05, 3.63) is 23.8 Å². The molecule has 128 valence electrons. The second kappa shape index (κ2) is 8.99. The molecule has 0 spiro atoms. The van der Waals surface area contributed by atoms with E-state index in [0.29, 0.717) is 23.7 Å². The zero-order valence-electron chi connectivity index (χ0n) is 13.9. The number of nitrogens with zero attached hydrogens (tertiary/aromatic N) is 1. The van der Waals surface area contributed by atoms with Crippen molar-refractivity contribution >= 4 is 11.9 Å². The second-order valence-electron chi connectivity index (χ2n) is 4.91. The van der Waals surface area contributed by atoms with Crippen LogP contribution < -0.4 is 9.47 Å². The fourth-order valence-corrected chi connectivity index (χ4v) is 2.13. The van der Waals surface area contributed by atoms with Gasteiger partial charge in [-0.1, -0.05) is 0 Å². The van der Waals surface area contributed by atoms with Crippen LogP contribution in [0.1, 0.15) is 19.4 Å². The highest BCUT2D eigenvalue weighted by Crippen LogP contribution is 2.23. The molecule has 0 bridgehead atoms. The maximum absolute atomic E-state index is 12.4. The number of hydrogen-bond donors (Lipinski definition) is 1. The van der Waals surface area contributed by atoms with Crippen LogP contribution in [0.2, 0.25) is 0 Å². The van der Waals surface area contributed by atoms with E-state index in [4.69, 9.17) is 19.3 Å². The Morgan fingerprint density at radius 1 is 1.17 bits per heavy atom. The zero-order valence-corrected chi connectivity index (χ0v) is 13.9. The van der Waals surface area contributed by atoms with Crippen molar-refractivity contribution < 1.29 is 28.9 Å². The molecule has 1 unspecified atom stereocenters. The zero-order chi connectivity index (χ0) is 17.4. The largest absolute Gasteiger partial charge is 0.497 e. The highest BCUT2D eigenvalue weighted by molar-refractivity contribution is 5.84. The van der Waals surface area contributed by atoms with E-state index in [1.165, 1.54) is 19.1 Å². The predicted octanol–water partition coefficient (Wildman–Crippen LogP) is 1.54. The Labute approximate surface area is 135 Å². The lowest BCUT2D eigenvalue weighted by Gasteiger charge is -2.24. The first kappa shape index (κ1) is 18.8. The molecular weight excluding hydrogens is 302 g/mol. The molecular formula is C16H23NO6. The van der Waals surface area contributed by atoms with Gasteiger partial charge in [-0.25, -0.2) is 0 Å². The number of methoxy groups -OCH3 is 2. The fourth-order valence-electron chi connectivity index (χ4n) is 2.13. The summed E-state index contributed by atoms with van der Waals surface area (Å²) in [5, 5.41) is 9.04. The third kappa shape index (κ3) is 5.78. The van der Waals surface area contributed by atoms with E-state index in [9.17, 15) is 9.59 Å². The highest BCUT2D eigenvalue weighted by Gasteiger charge is 2.23. The summed E-state index contributed by atoms with van der Waals surface area (Å²) in [7, 11) is 3.05. The van der Waals surface area contributed by atoms with E-state index < -0.39 is 18.6 Å². The van der Waals surface area contributed by atoms with Gasteiger partial charge in [0.15, 0.2) is 0 Å². The van der Waals surface area contributed by atoms with Gasteiger partial charge in [0, 0.05) is 19.2 Å². The van der Waals surface area contributed by atoms with Crippen molar-refractivity contribution in [3.8, 4) is 11.5 Å². The monoisotopic (exact) mass is 325 g/mol. The molecule has 1 rings (SSSR count). The van der Waals surface area contributed by atoms with Crippen molar-refractivity contribution in [1.82, 2.24) is 4.90 Å². The summed E-state index contributed by atoms with van der Waals surface area (Å²) in [6.45, 7) is 3.47. The van der Waals surface area contributed by atoms with Gasteiger partial charge in [-0.05, 0) is 31.5 Å². The molecule has 1 aromatic rings. The normalized spacial score (nSPS) is 11.7. The SMILES string of the molecule is CCOC(C)C(=O)N(CC(=O)O)Cc1cc(OC)cc(OC)c1. The summed E-state index contributed by atoms with van der Waals surface area (Å²) in [6, 6.07) is 5.17. The van der Waals surface area contributed by atoms with Crippen molar-refractivity contribution in [2.24, 2.45) is 0 Å². The van der Waals surface area contributed by atoms with E-state index in [0.717, 1.165) is 0 Å². The van der Waals surface area contributed by atoms with Crippen LogP contribution in [0.3, 0.4) is 0 Å². The molecule has 0 saturated heterocycles. The van der Waals surface area contributed by atoms with Crippen molar-refractivity contribution in [2.75, 3.05) is 27.4 Å². The average Bonchev–Trinajstić information content (AvgIpc) is 2.52. The first-order valence-corrected chi connectivity index (χ1v) is 7.25. The number of carboxylic acid groups (broad SMARTS) is 1. The number of ether oxygens (including phenoxy) is 3. The summed E-state index contributed by atoms with van der Waals surface area (Å²) in [6.07, 6.45) is -0.702. The lowest BCUT2D eigenvalue weighted by molar-refractivity contribution is -0.150. The Morgan fingerprint density at radius 3 is 2.17 bits per heavy atom. The van der Waals surface area contributed by atoms with Gasteiger partial charge in [0.25, 0.3) is 5.91 Å². The first-order chi connectivity index (χ1) is 10.9. The van der Waals surface area contributed by atoms with Crippen LogP contribution in [0.4, 0.5) is 0 Å². The van der Waals surface area contributed by atoms with E-state index in [1.54, 1.807) is 32.0 Å². The number of carbonyl (C=O) groups excluding carboxylic acids is 1. The molecule has 1 amide bonds. The van der Waals surface area contributed by atoms with Crippen LogP contribution in [0, 0.1) is 0 Å². The minimum absolute atomic E-state index is 0.121. The Balaban J connectivity index is 3.00. The molecule has 7 heteroatoms. The fraction of sp³-hybridized carbons (Fsp3) is 0.500. The molecule has 0 fully saturated rings. The molecule has 0 radical (unpaired) electrons. The highest BCUT2D eigenvalue weighted by atomic mass is 16.5. The summed E-state index contributed by atoms with van der Waals surface area (Å²) < 4.78 is 15.6. The molecule has 7 nitrogen and oxygen atoms in total. The number of aliphatic carboxylic acids is 1. The Hall–Kier alpha value is -2.28. The maximum Gasteiger partial charge on any atom is 0.323 e. The Morgan fingerprint density at radius 2 is 1.74 bits per heavy atom. The van der Waals surface area contributed by atoms with Gasteiger partial charge >= 0.3 is 5.97 Å². The number of benzene rings is 1. The van der Waals surface area contributed by atoms with E-state index >= 15 is 0 Å². The second-order valence-corrected chi connectivity index (χ2v) is 4.91. The summed E-state index contributed by atoms with van der Waals surface area (Å²) in [5.41, 5.74) is 0.708. The minimum atomic E-state index is -1.09. The lowest BCUT2D eigenvalue weighted by Crippen LogP contribution is -2.41. The summed E-state index contributed by atoms with van der Waals surface area (Å²) in [5.74, 6) is -0.326. The van der Waals surface area contributed by atoms with Gasteiger partial charge in [-0.15, -0.1) is 0 Å². The van der Waals surface area contributed by atoms with Crippen LogP contribution in [0.25, 0.3) is 0 Å². The number of amides is 1. The lowest BCUT2D eigenvalue weighted by atomic mass is 10.1. The van der Waals surface area contributed by atoms with Gasteiger partial charge in [-0.2, -0.15) is 0 Å². The molecule has 23 heavy (non-hydrogen) atoms.